The van der Waals surface area contributed by atoms with Gasteiger partial charge in [0.05, 0.1) is 26.2 Å². The van der Waals surface area contributed by atoms with Gasteiger partial charge in [0.25, 0.3) is 5.91 Å². The van der Waals surface area contributed by atoms with Gasteiger partial charge < -0.3 is 24.6 Å². The number of hydrogen-bond acceptors (Lipinski definition) is 5. The van der Waals surface area contributed by atoms with Crippen molar-refractivity contribution in [3.05, 3.63) is 47.0 Å². The average Bonchev–Trinajstić information content (AvgIpc) is 2.83. The number of carbonyl (C=O) groups excluding carboxylic acids is 1. The van der Waals surface area contributed by atoms with Gasteiger partial charge in [-0.15, -0.1) is 0 Å². The van der Waals surface area contributed by atoms with E-state index in [1.54, 1.807) is 4.90 Å². The van der Waals surface area contributed by atoms with E-state index in [2.05, 4.69) is 24.1 Å². The Bertz CT molecular complexity index is 1040. The molecule has 0 bridgehead atoms. The highest BCUT2D eigenvalue weighted by molar-refractivity contribution is 6.01. The number of hydrogen-bond donors (Lipinski definition) is 2. The second-order valence-electron chi connectivity index (χ2n) is 8.65. The van der Waals surface area contributed by atoms with Crippen LogP contribution in [0.15, 0.2) is 30.3 Å². The maximum atomic E-state index is 12.6. The summed E-state index contributed by atoms with van der Waals surface area (Å²) in [5.74, 6) is -0.414. The summed E-state index contributed by atoms with van der Waals surface area (Å²) in [6, 6.07) is 9.16. The first-order valence-corrected chi connectivity index (χ1v) is 11.3. The SMILES string of the molecule is COc1cc(N(C=N)c2ccc(C3CCN(C)CC3)cc2C)cc(OC)c1C(=O)NCC(F)(F)F. The maximum Gasteiger partial charge on any atom is 0.405 e. The Kier molecular flexibility index (Phi) is 8.26. The van der Waals surface area contributed by atoms with E-state index in [0.29, 0.717) is 11.6 Å². The molecular weight excluding hydrogens is 461 g/mol. The molecule has 7 nitrogen and oxygen atoms in total. The second-order valence-corrected chi connectivity index (χ2v) is 8.65. The molecule has 0 spiro atoms. The number of aryl methyl sites for hydroxylation is 1. The van der Waals surface area contributed by atoms with Crippen molar-refractivity contribution in [2.45, 2.75) is 31.9 Å². The van der Waals surface area contributed by atoms with Crippen LogP contribution in [0.2, 0.25) is 0 Å². The number of carbonyl (C=O) groups is 1. The molecule has 0 radical (unpaired) electrons. The molecule has 1 aliphatic rings. The number of benzene rings is 2. The van der Waals surface area contributed by atoms with Crippen LogP contribution in [0.5, 0.6) is 11.5 Å². The molecule has 3 rings (SSSR count). The molecule has 1 saturated heterocycles. The standard InChI is InChI=1S/C25H31F3N4O3/c1-16-11-18(17-7-9-31(2)10-8-17)5-6-20(16)32(15-29)19-12-21(34-3)23(22(13-19)35-4)24(33)30-14-25(26,27)28/h5-6,11-13,15,17,29H,7-10,14H2,1-4H3,(H,30,33). The smallest absolute Gasteiger partial charge is 0.405 e. The summed E-state index contributed by atoms with van der Waals surface area (Å²) in [5.41, 5.74) is 3.31. The molecular formula is C25H31F3N4O3. The minimum absolute atomic E-state index is 0.0338. The molecule has 2 aromatic rings. The van der Waals surface area contributed by atoms with E-state index in [-0.39, 0.29) is 17.1 Å². The number of nitrogens with zero attached hydrogens (tertiary/aromatic N) is 2. The fraction of sp³-hybridized carbons (Fsp3) is 0.440. The third-order valence-electron chi connectivity index (χ3n) is 6.24. The molecule has 0 aromatic heterocycles. The maximum absolute atomic E-state index is 12.6. The van der Waals surface area contributed by atoms with E-state index in [1.165, 1.54) is 31.9 Å². The number of rotatable bonds is 8. The molecule has 1 aliphatic heterocycles. The van der Waals surface area contributed by atoms with Gasteiger partial charge in [0.15, 0.2) is 0 Å². The van der Waals surface area contributed by atoms with Crippen molar-refractivity contribution in [1.82, 2.24) is 10.2 Å². The molecule has 0 atom stereocenters. The molecule has 2 aromatic carbocycles. The number of amides is 1. The lowest BCUT2D eigenvalue weighted by atomic mass is 9.88. The van der Waals surface area contributed by atoms with E-state index in [1.807, 2.05) is 18.3 Å². The van der Waals surface area contributed by atoms with E-state index < -0.39 is 18.6 Å². The van der Waals surface area contributed by atoms with Crippen LogP contribution in [0.4, 0.5) is 24.5 Å². The Morgan fingerprint density at radius 3 is 2.26 bits per heavy atom. The van der Waals surface area contributed by atoms with Crippen molar-refractivity contribution in [3.8, 4) is 11.5 Å². The molecule has 1 fully saturated rings. The molecule has 35 heavy (non-hydrogen) atoms. The van der Waals surface area contributed by atoms with E-state index >= 15 is 0 Å². The highest BCUT2D eigenvalue weighted by Gasteiger charge is 2.30. The van der Waals surface area contributed by atoms with Gasteiger partial charge >= 0.3 is 6.18 Å². The number of methoxy groups -OCH3 is 2. The Morgan fingerprint density at radius 2 is 1.77 bits per heavy atom. The molecule has 10 heteroatoms. The first-order valence-electron chi connectivity index (χ1n) is 11.3. The monoisotopic (exact) mass is 492 g/mol. The third kappa shape index (κ3) is 6.25. The van der Waals surface area contributed by atoms with Gasteiger partial charge in [0, 0.05) is 17.8 Å². The molecule has 1 amide bonds. The zero-order valence-electron chi connectivity index (χ0n) is 20.3. The van der Waals surface area contributed by atoms with E-state index in [9.17, 15) is 18.0 Å². The van der Waals surface area contributed by atoms with Crippen molar-refractivity contribution < 1.29 is 27.4 Å². The van der Waals surface area contributed by atoms with Gasteiger partial charge in [-0.1, -0.05) is 12.1 Å². The Hall–Kier alpha value is -3.27. The first kappa shape index (κ1) is 26.3. The lowest BCUT2D eigenvalue weighted by Gasteiger charge is -2.30. The number of halogens is 3. The molecule has 1 heterocycles. The number of piperidine rings is 1. The van der Waals surface area contributed by atoms with Crippen LogP contribution in [-0.4, -0.2) is 64.2 Å². The van der Waals surface area contributed by atoms with Crippen LogP contribution < -0.4 is 19.7 Å². The summed E-state index contributed by atoms with van der Waals surface area (Å²) >= 11 is 0. The Balaban J connectivity index is 1.94. The Morgan fingerprint density at radius 1 is 1.17 bits per heavy atom. The highest BCUT2D eigenvalue weighted by atomic mass is 19.4. The quantitative estimate of drug-likeness (QED) is 0.407. The van der Waals surface area contributed by atoms with Crippen molar-refractivity contribution in [2.24, 2.45) is 0 Å². The van der Waals surface area contributed by atoms with Crippen molar-refractivity contribution >= 4 is 23.6 Å². The fourth-order valence-electron chi connectivity index (χ4n) is 4.36. The van der Waals surface area contributed by atoms with Gasteiger partial charge in [0.1, 0.15) is 23.6 Å². The molecule has 0 saturated carbocycles. The first-order chi connectivity index (χ1) is 16.6. The van der Waals surface area contributed by atoms with Gasteiger partial charge in [-0.05, 0) is 63.0 Å². The summed E-state index contributed by atoms with van der Waals surface area (Å²) in [7, 11) is 4.76. The predicted molar refractivity (Wildman–Crippen MR) is 130 cm³/mol. The fourth-order valence-corrected chi connectivity index (χ4v) is 4.36. The van der Waals surface area contributed by atoms with E-state index in [4.69, 9.17) is 14.9 Å². The summed E-state index contributed by atoms with van der Waals surface area (Å²) in [6.07, 6.45) is -1.23. The summed E-state index contributed by atoms with van der Waals surface area (Å²) in [4.78, 5) is 16.4. The van der Waals surface area contributed by atoms with Crippen LogP contribution >= 0.6 is 0 Å². The number of anilines is 2. The number of alkyl halides is 3. The third-order valence-corrected chi connectivity index (χ3v) is 6.24. The topological polar surface area (TPSA) is 77.9 Å². The highest BCUT2D eigenvalue weighted by Crippen LogP contribution is 2.38. The average molecular weight is 493 g/mol. The van der Waals surface area contributed by atoms with Crippen molar-refractivity contribution in [1.29, 1.82) is 5.41 Å². The van der Waals surface area contributed by atoms with Crippen molar-refractivity contribution in [2.75, 3.05) is 45.8 Å². The minimum atomic E-state index is -4.55. The Labute approximate surface area is 203 Å². The van der Waals surface area contributed by atoms with Crippen LogP contribution in [0, 0.1) is 12.3 Å². The lowest BCUT2D eigenvalue weighted by molar-refractivity contribution is -0.123. The number of likely N-dealkylation sites (tertiary alicyclic amines) is 1. The predicted octanol–water partition coefficient (Wildman–Crippen LogP) is 4.86. The molecule has 2 N–H and O–H groups in total. The molecule has 0 aliphatic carbocycles. The number of ether oxygens (including phenoxy) is 2. The van der Waals surface area contributed by atoms with Crippen LogP contribution in [-0.2, 0) is 0 Å². The zero-order chi connectivity index (χ0) is 25.8. The summed E-state index contributed by atoms with van der Waals surface area (Å²) < 4.78 is 48.4. The zero-order valence-corrected chi connectivity index (χ0v) is 20.3. The van der Waals surface area contributed by atoms with Crippen LogP contribution in [0.3, 0.4) is 0 Å². The van der Waals surface area contributed by atoms with Gasteiger partial charge in [-0.2, -0.15) is 13.2 Å². The largest absolute Gasteiger partial charge is 0.496 e. The minimum Gasteiger partial charge on any atom is -0.496 e. The molecule has 190 valence electrons. The van der Waals surface area contributed by atoms with Gasteiger partial charge in [-0.25, -0.2) is 0 Å². The van der Waals surface area contributed by atoms with Crippen LogP contribution in [0.25, 0.3) is 0 Å². The normalized spacial score (nSPS) is 14.9. The summed E-state index contributed by atoms with van der Waals surface area (Å²) in [6.45, 7) is 2.61. The molecule has 0 unspecified atom stereocenters. The van der Waals surface area contributed by atoms with Gasteiger partial charge in [0.2, 0.25) is 0 Å². The number of nitrogens with one attached hydrogen (secondary N) is 2. The van der Waals surface area contributed by atoms with Gasteiger partial charge in [-0.3, -0.25) is 10.2 Å². The van der Waals surface area contributed by atoms with Crippen LogP contribution in [0.1, 0.15) is 40.2 Å². The second kappa shape index (κ2) is 11.0. The summed E-state index contributed by atoms with van der Waals surface area (Å²) in [5, 5.41) is 9.89. The lowest BCUT2D eigenvalue weighted by Crippen LogP contribution is -2.34. The van der Waals surface area contributed by atoms with Crippen molar-refractivity contribution in [3.63, 3.8) is 0 Å². The van der Waals surface area contributed by atoms with E-state index in [0.717, 1.165) is 43.5 Å².